The van der Waals surface area contributed by atoms with Crippen molar-refractivity contribution in [2.24, 2.45) is 5.92 Å². The lowest BCUT2D eigenvalue weighted by Gasteiger charge is -2.22. The van der Waals surface area contributed by atoms with Gasteiger partial charge in [0.1, 0.15) is 11.6 Å². The van der Waals surface area contributed by atoms with Gasteiger partial charge >= 0.3 is 0 Å². The molecule has 1 fully saturated rings. The van der Waals surface area contributed by atoms with Crippen LogP contribution >= 0.6 is 0 Å². The smallest absolute Gasteiger partial charge is 0.137 e. The van der Waals surface area contributed by atoms with Crippen LogP contribution in [0.2, 0.25) is 0 Å². The predicted molar refractivity (Wildman–Crippen MR) is 59.7 cm³/mol. The van der Waals surface area contributed by atoms with E-state index in [-0.39, 0.29) is 0 Å². The van der Waals surface area contributed by atoms with Gasteiger partial charge in [-0.25, -0.2) is 4.98 Å². The summed E-state index contributed by atoms with van der Waals surface area (Å²) in [7, 11) is 0. The molecule has 0 spiro atoms. The van der Waals surface area contributed by atoms with Gasteiger partial charge < -0.3 is 15.8 Å². The number of piperidine rings is 1. The SMILES string of the molecule is Nc1ccc(OCC2CCNCC2)cn1. The van der Waals surface area contributed by atoms with Crippen LogP contribution in [0.5, 0.6) is 5.75 Å². The summed E-state index contributed by atoms with van der Waals surface area (Å²) in [6.45, 7) is 3.00. The summed E-state index contributed by atoms with van der Waals surface area (Å²) in [5.41, 5.74) is 5.49. The highest BCUT2D eigenvalue weighted by atomic mass is 16.5. The molecule has 1 saturated heterocycles. The number of ether oxygens (including phenoxy) is 1. The molecule has 0 radical (unpaired) electrons. The molecule has 2 heterocycles. The van der Waals surface area contributed by atoms with Crippen LogP contribution in [0.3, 0.4) is 0 Å². The van der Waals surface area contributed by atoms with E-state index >= 15 is 0 Å². The lowest BCUT2D eigenvalue weighted by atomic mass is 9.99. The number of nitrogens with zero attached hydrogens (tertiary/aromatic N) is 1. The van der Waals surface area contributed by atoms with E-state index in [4.69, 9.17) is 10.5 Å². The third-order valence-electron chi connectivity index (χ3n) is 2.70. The summed E-state index contributed by atoms with van der Waals surface area (Å²) in [4.78, 5) is 3.98. The van der Waals surface area contributed by atoms with Gasteiger partial charge in [0.25, 0.3) is 0 Å². The van der Waals surface area contributed by atoms with E-state index in [2.05, 4.69) is 10.3 Å². The number of aromatic nitrogens is 1. The number of nitrogens with one attached hydrogen (secondary N) is 1. The predicted octanol–water partition coefficient (Wildman–Crippen LogP) is 1.04. The monoisotopic (exact) mass is 207 g/mol. The van der Waals surface area contributed by atoms with Crippen molar-refractivity contribution >= 4 is 5.82 Å². The first-order chi connectivity index (χ1) is 7.34. The molecule has 1 aromatic heterocycles. The Labute approximate surface area is 89.8 Å². The zero-order valence-electron chi connectivity index (χ0n) is 8.78. The quantitative estimate of drug-likeness (QED) is 0.777. The van der Waals surface area contributed by atoms with Crippen LogP contribution in [0.15, 0.2) is 18.3 Å². The molecule has 4 heteroatoms. The Morgan fingerprint density at radius 1 is 1.40 bits per heavy atom. The van der Waals surface area contributed by atoms with Crippen molar-refractivity contribution < 1.29 is 4.74 Å². The lowest BCUT2D eigenvalue weighted by molar-refractivity contribution is 0.214. The van der Waals surface area contributed by atoms with Crippen molar-refractivity contribution in [2.75, 3.05) is 25.4 Å². The van der Waals surface area contributed by atoms with Crippen LogP contribution in [0, 0.1) is 5.92 Å². The largest absolute Gasteiger partial charge is 0.492 e. The Kier molecular flexibility index (Phi) is 3.40. The first-order valence-corrected chi connectivity index (χ1v) is 5.39. The van der Waals surface area contributed by atoms with E-state index in [9.17, 15) is 0 Å². The number of nitrogen functional groups attached to an aromatic ring is 1. The van der Waals surface area contributed by atoms with E-state index < -0.39 is 0 Å². The van der Waals surface area contributed by atoms with E-state index in [1.54, 1.807) is 12.3 Å². The minimum Gasteiger partial charge on any atom is -0.492 e. The van der Waals surface area contributed by atoms with Crippen LogP contribution < -0.4 is 15.8 Å². The van der Waals surface area contributed by atoms with Gasteiger partial charge in [0.15, 0.2) is 0 Å². The third kappa shape index (κ3) is 3.09. The average Bonchev–Trinajstić information content (AvgIpc) is 2.30. The number of anilines is 1. The minimum absolute atomic E-state index is 0.532. The summed E-state index contributed by atoms with van der Waals surface area (Å²) >= 11 is 0. The number of pyridine rings is 1. The lowest BCUT2D eigenvalue weighted by Crippen LogP contribution is -2.30. The average molecular weight is 207 g/mol. The Hall–Kier alpha value is -1.29. The van der Waals surface area contributed by atoms with E-state index in [0.29, 0.717) is 11.7 Å². The molecule has 0 aromatic carbocycles. The van der Waals surface area contributed by atoms with Crippen LogP contribution in [-0.2, 0) is 0 Å². The molecule has 0 saturated carbocycles. The van der Waals surface area contributed by atoms with Gasteiger partial charge in [0.05, 0.1) is 12.8 Å². The molecule has 0 unspecified atom stereocenters. The van der Waals surface area contributed by atoms with Gasteiger partial charge in [0.2, 0.25) is 0 Å². The highest BCUT2D eigenvalue weighted by Crippen LogP contribution is 2.15. The molecule has 2 rings (SSSR count). The summed E-state index contributed by atoms with van der Waals surface area (Å²) < 4.78 is 5.65. The van der Waals surface area contributed by atoms with Crippen LogP contribution in [0.1, 0.15) is 12.8 Å². The van der Waals surface area contributed by atoms with E-state index in [0.717, 1.165) is 25.4 Å². The topological polar surface area (TPSA) is 60.2 Å². The van der Waals surface area contributed by atoms with Crippen molar-refractivity contribution in [1.29, 1.82) is 0 Å². The second kappa shape index (κ2) is 4.98. The van der Waals surface area contributed by atoms with Gasteiger partial charge in [0, 0.05) is 0 Å². The van der Waals surface area contributed by atoms with Crippen LogP contribution in [0.25, 0.3) is 0 Å². The Morgan fingerprint density at radius 3 is 2.87 bits per heavy atom. The molecule has 1 aliphatic heterocycles. The van der Waals surface area contributed by atoms with Gasteiger partial charge in [-0.15, -0.1) is 0 Å². The van der Waals surface area contributed by atoms with Gasteiger partial charge in [-0.2, -0.15) is 0 Å². The van der Waals surface area contributed by atoms with E-state index in [1.807, 2.05) is 6.07 Å². The maximum atomic E-state index is 5.65. The van der Waals surface area contributed by atoms with Crippen LogP contribution in [-0.4, -0.2) is 24.7 Å². The number of rotatable bonds is 3. The maximum absolute atomic E-state index is 5.65. The molecule has 4 nitrogen and oxygen atoms in total. The Morgan fingerprint density at radius 2 is 2.20 bits per heavy atom. The second-order valence-corrected chi connectivity index (χ2v) is 3.92. The molecule has 15 heavy (non-hydrogen) atoms. The number of hydrogen-bond donors (Lipinski definition) is 2. The number of hydrogen-bond acceptors (Lipinski definition) is 4. The molecule has 3 N–H and O–H groups in total. The highest BCUT2D eigenvalue weighted by molar-refractivity contribution is 5.32. The normalized spacial score (nSPS) is 17.6. The van der Waals surface area contributed by atoms with Crippen molar-refractivity contribution in [2.45, 2.75) is 12.8 Å². The molecule has 0 atom stereocenters. The molecule has 0 bridgehead atoms. The number of nitrogens with two attached hydrogens (primary N) is 1. The first-order valence-electron chi connectivity index (χ1n) is 5.39. The van der Waals surface area contributed by atoms with Gasteiger partial charge in [-0.1, -0.05) is 0 Å². The molecule has 0 aliphatic carbocycles. The summed E-state index contributed by atoms with van der Waals surface area (Å²) in [5.74, 6) is 2.01. The minimum atomic E-state index is 0.532. The summed E-state index contributed by atoms with van der Waals surface area (Å²) in [6, 6.07) is 3.63. The zero-order valence-corrected chi connectivity index (χ0v) is 8.78. The molecule has 1 aliphatic rings. The molecular formula is C11H17N3O. The molecule has 1 aromatic rings. The first kappa shape index (κ1) is 10.2. The third-order valence-corrected chi connectivity index (χ3v) is 2.70. The van der Waals surface area contributed by atoms with Crippen molar-refractivity contribution in [3.8, 4) is 5.75 Å². The molecule has 0 amide bonds. The molecule has 82 valence electrons. The van der Waals surface area contributed by atoms with Gasteiger partial charge in [-0.05, 0) is 44.0 Å². The highest BCUT2D eigenvalue weighted by Gasteiger charge is 2.13. The fraction of sp³-hybridized carbons (Fsp3) is 0.545. The van der Waals surface area contributed by atoms with Gasteiger partial charge in [-0.3, -0.25) is 0 Å². The zero-order chi connectivity index (χ0) is 10.5. The van der Waals surface area contributed by atoms with Crippen molar-refractivity contribution in [1.82, 2.24) is 10.3 Å². The maximum Gasteiger partial charge on any atom is 0.137 e. The standard InChI is InChI=1S/C11H17N3O/c12-11-2-1-10(7-14-11)15-8-9-3-5-13-6-4-9/h1-2,7,9,13H,3-6,8H2,(H2,12,14). The van der Waals surface area contributed by atoms with E-state index in [1.165, 1.54) is 12.8 Å². The second-order valence-electron chi connectivity index (χ2n) is 3.92. The Balaban J connectivity index is 1.79. The summed E-state index contributed by atoms with van der Waals surface area (Å²) in [6.07, 6.45) is 4.07. The van der Waals surface area contributed by atoms with Crippen LogP contribution in [0.4, 0.5) is 5.82 Å². The Bertz CT molecular complexity index is 293. The summed E-state index contributed by atoms with van der Waals surface area (Å²) in [5, 5.41) is 3.34. The fourth-order valence-electron chi connectivity index (χ4n) is 1.74. The molecular weight excluding hydrogens is 190 g/mol. The fourth-order valence-corrected chi connectivity index (χ4v) is 1.74. The van der Waals surface area contributed by atoms with Crippen molar-refractivity contribution in [3.05, 3.63) is 18.3 Å². The van der Waals surface area contributed by atoms with Crippen molar-refractivity contribution in [3.63, 3.8) is 0 Å².